The van der Waals surface area contributed by atoms with Crippen molar-refractivity contribution >= 4 is 12.3 Å². The molecule has 0 amide bonds. The van der Waals surface area contributed by atoms with Crippen molar-refractivity contribution in [2.45, 2.75) is 20.3 Å². The summed E-state index contributed by atoms with van der Waals surface area (Å²) in [6.45, 7) is 3.86. The Kier molecular flexibility index (Phi) is 3.56. The van der Waals surface area contributed by atoms with E-state index in [-0.39, 0.29) is 17.3 Å². The van der Waals surface area contributed by atoms with Gasteiger partial charge >= 0.3 is 5.97 Å². The molecule has 0 aromatic heterocycles. The van der Waals surface area contributed by atoms with Crippen molar-refractivity contribution in [3.63, 3.8) is 0 Å². The first-order valence-corrected chi connectivity index (χ1v) is 6.39. The van der Waals surface area contributed by atoms with E-state index < -0.39 is 5.97 Å². The second kappa shape index (κ2) is 5.00. The van der Waals surface area contributed by atoms with Crippen molar-refractivity contribution < 1.29 is 14.7 Å². The van der Waals surface area contributed by atoms with Gasteiger partial charge in [0.15, 0.2) is 0 Å². The molecule has 100 valence electrons. The van der Waals surface area contributed by atoms with E-state index in [0.29, 0.717) is 12.0 Å². The number of aliphatic carboxylic acids is 1. The number of carboxylic acids is 1. The lowest BCUT2D eigenvalue weighted by atomic mass is 10.0. The summed E-state index contributed by atoms with van der Waals surface area (Å²) in [5.74, 6) is -1.21. The molecule has 1 aromatic carbocycles. The number of rotatable bonds is 5. The normalized spacial score (nSPS) is 24.8. The highest BCUT2D eigenvalue weighted by Crippen LogP contribution is 2.59. The van der Waals surface area contributed by atoms with E-state index in [4.69, 9.17) is 5.11 Å². The van der Waals surface area contributed by atoms with Crippen LogP contribution >= 0.6 is 0 Å². The summed E-state index contributed by atoms with van der Waals surface area (Å²) in [6, 6.07) is 9.71. The lowest BCUT2D eigenvalue weighted by Crippen LogP contribution is -2.03. The van der Waals surface area contributed by atoms with Crippen molar-refractivity contribution in [1.82, 2.24) is 0 Å². The Balaban J connectivity index is 2.13. The first kappa shape index (κ1) is 13.5. The maximum atomic E-state index is 11.1. The molecule has 1 aliphatic carbocycles. The van der Waals surface area contributed by atoms with Crippen molar-refractivity contribution in [3.8, 4) is 0 Å². The van der Waals surface area contributed by atoms with Gasteiger partial charge in [0.1, 0.15) is 6.29 Å². The summed E-state index contributed by atoms with van der Waals surface area (Å²) in [7, 11) is 0. The van der Waals surface area contributed by atoms with Crippen LogP contribution in [0.1, 0.15) is 19.4 Å². The van der Waals surface area contributed by atoms with Crippen LogP contribution in [0.5, 0.6) is 0 Å². The van der Waals surface area contributed by atoms with Crippen LogP contribution in [0.3, 0.4) is 0 Å². The maximum Gasteiger partial charge on any atom is 0.307 e. The summed E-state index contributed by atoms with van der Waals surface area (Å²) in [5, 5.41) is 9.12. The molecule has 1 aliphatic rings. The lowest BCUT2D eigenvalue weighted by Gasteiger charge is -2.02. The van der Waals surface area contributed by atoms with Crippen LogP contribution in [-0.2, 0) is 16.0 Å². The molecule has 0 radical (unpaired) electrons. The summed E-state index contributed by atoms with van der Waals surface area (Å²) in [4.78, 5) is 22.2. The zero-order valence-electron chi connectivity index (χ0n) is 11.2. The summed E-state index contributed by atoms with van der Waals surface area (Å²) >= 11 is 0. The molecule has 2 unspecified atom stereocenters. The highest BCUT2D eigenvalue weighted by molar-refractivity contribution is 5.78. The molecule has 19 heavy (non-hydrogen) atoms. The van der Waals surface area contributed by atoms with Crippen LogP contribution < -0.4 is 0 Å². The second-order valence-electron chi connectivity index (χ2n) is 5.68. The van der Waals surface area contributed by atoms with Gasteiger partial charge in [-0.1, -0.05) is 50.3 Å². The van der Waals surface area contributed by atoms with Gasteiger partial charge in [0.2, 0.25) is 0 Å². The van der Waals surface area contributed by atoms with E-state index in [1.165, 1.54) is 0 Å². The van der Waals surface area contributed by atoms with E-state index in [2.05, 4.69) is 0 Å². The van der Waals surface area contributed by atoms with Crippen molar-refractivity contribution in [1.29, 1.82) is 0 Å². The van der Waals surface area contributed by atoms with Gasteiger partial charge in [-0.2, -0.15) is 0 Å². The number of benzene rings is 1. The van der Waals surface area contributed by atoms with Gasteiger partial charge in [0.05, 0.1) is 5.92 Å². The molecular formula is C16H18O3. The molecule has 3 heteroatoms. The van der Waals surface area contributed by atoms with Crippen LogP contribution in [0.25, 0.3) is 0 Å². The highest BCUT2D eigenvalue weighted by Gasteiger charge is 2.60. The number of carbonyl (C=O) groups excluding carboxylic acids is 1. The minimum atomic E-state index is -0.781. The predicted molar refractivity (Wildman–Crippen MR) is 72.7 cm³/mol. The standard InChI is InChI=1S/C16H18O3/c1-16(2)13(14(16)15(18)19)9-12(10-17)8-11-6-4-3-5-7-11/h3-7,9-10,13-14H,8H2,1-2H3,(H,18,19). The van der Waals surface area contributed by atoms with E-state index in [1.54, 1.807) is 0 Å². The SMILES string of the molecule is CC1(C)C(C=C(C=O)Cc2ccccc2)C1C(=O)O. The third-order valence-corrected chi connectivity index (χ3v) is 3.97. The minimum absolute atomic E-state index is 0.0473. The Morgan fingerprint density at radius 1 is 1.32 bits per heavy atom. The Morgan fingerprint density at radius 3 is 2.42 bits per heavy atom. The molecule has 1 fully saturated rings. The summed E-state index contributed by atoms with van der Waals surface area (Å²) in [5.41, 5.74) is 1.47. The van der Waals surface area contributed by atoms with Gasteiger partial charge in [-0.15, -0.1) is 0 Å². The van der Waals surface area contributed by atoms with E-state index in [1.807, 2.05) is 50.3 Å². The van der Waals surface area contributed by atoms with Crippen LogP contribution in [0, 0.1) is 17.3 Å². The molecule has 1 N–H and O–H groups in total. The van der Waals surface area contributed by atoms with E-state index in [9.17, 15) is 9.59 Å². The van der Waals surface area contributed by atoms with Gasteiger partial charge in [0.25, 0.3) is 0 Å². The van der Waals surface area contributed by atoms with E-state index in [0.717, 1.165) is 11.8 Å². The molecular weight excluding hydrogens is 240 g/mol. The zero-order chi connectivity index (χ0) is 14.0. The molecule has 3 nitrogen and oxygen atoms in total. The molecule has 2 atom stereocenters. The molecule has 2 rings (SSSR count). The molecule has 1 aromatic rings. The Hall–Kier alpha value is -1.90. The Labute approximate surface area is 113 Å². The number of allylic oxidation sites excluding steroid dienone is 2. The first-order valence-electron chi connectivity index (χ1n) is 6.39. The molecule has 0 heterocycles. The third kappa shape index (κ3) is 2.75. The number of hydrogen-bond acceptors (Lipinski definition) is 2. The fraction of sp³-hybridized carbons (Fsp3) is 0.375. The fourth-order valence-electron chi connectivity index (χ4n) is 2.66. The van der Waals surface area contributed by atoms with Crippen LogP contribution in [0.15, 0.2) is 42.0 Å². The predicted octanol–water partition coefficient (Wildman–Crippen LogP) is 2.71. The van der Waals surface area contributed by atoms with Gasteiger partial charge in [0, 0.05) is 6.42 Å². The molecule has 0 saturated heterocycles. The fourth-order valence-corrected chi connectivity index (χ4v) is 2.66. The monoisotopic (exact) mass is 258 g/mol. The van der Waals surface area contributed by atoms with Gasteiger partial charge < -0.3 is 5.11 Å². The average molecular weight is 258 g/mol. The molecule has 0 bridgehead atoms. The quantitative estimate of drug-likeness (QED) is 0.652. The number of hydrogen-bond donors (Lipinski definition) is 1. The largest absolute Gasteiger partial charge is 0.481 e. The summed E-state index contributed by atoms with van der Waals surface area (Å²) < 4.78 is 0. The lowest BCUT2D eigenvalue weighted by molar-refractivity contribution is -0.139. The smallest absolute Gasteiger partial charge is 0.307 e. The molecule has 1 saturated carbocycles. The topological polar surface area (TPSA) is 54.4 Å². The number of carbonyl (C=O) groups is 2. The van der Waals surface area contributed by atoms with Crippen LogP contribution in [0.4, 0.5) is 0 Å². The number of carboxylic acid groups (broad SMARTS) is 1. The van der Waals surface area contributed by atoms with Gasteiger partial charge in [-0.05, 0) is 22.5 Å². The zero-order valence-corrected chi connectivity index (χ0v) is 11.2. The minimum Gasteiger partial charge on any atom is -0.481 e. The van der Waals surface area contributed by atoms with Crippen molar-refractivity contribution in [3.05, 3.63) is 47.5 Å². The van der Waals surface area contributed by atoms with Crippen molar-refractivity contribution in [2.24, 2.45) is 17.3 Å². The van der Waals surface area contributed by atoms with Crippen molar-refractivity contribution in [2.75, 3.05) is 0 Å². The highest BCUT2D eigenvalue weighted by atomic mass is 16.4. The van der Waals surface area contributed by atoms with Crippen LogP contribution in [-0.4, -0.2) is 17.4 Å². The van der Waals surface area contributed by atoms with Gasteiger partial charge in [-0.3, -0.25) is 9.59 Å². The van der Waals surface area contributed by atoms with Gasteiger partial charge in [-0.25, -0.2) is 0 Å². The average Bonchev–Trinajstić information content (AvgIpc) is 2.91. The maximum absolute atomic E-state index is 11.1. The molecule has 0 spiro atoms. The second-order valence-corrected chi connectivity index (χ2v) is 5.68. The first-order chi connectivity index (χ1) is 8.96. The van der Waals surface area contributed by atoms with Crippen LogP contribution in [0.2, 0.25) is 0 Å². The van der Waals surface area contributed by atoms with E-state index >= 15 is 0 Å². The molecule has 0 aliphatic heterocycles. The Morgan fingerprint density at radius 2 is 1.95 bits per heavy atom. The summed E-state index contributed by atoms with van der Waals surface area (Å²) in [6.07, 6.45) is 3.22. The number of aldehydes is 1. The Bertz CT molecular complexity index is 514. The third-order valence-electron chi connectivity index (χ3n) is 3.97.